The molecule has 3 aromatic rings. The van der Waals surface area contributed by atoms with Crippen LogP contribution in [0, 0.1) is 0 Å². The van der Waals surface area contributed by atoms with E-state index in [2.05, 4.69) is 27.4 Å². The van der Waals surface area contributed by atoms with E-state index in [1.807, 2.05) is 30.3 Å². The van der Waals surface area contributed by atoms with Gasteiger partial charge in [0.05, 0.1) is 16.9 Å². The molecule has 0 spiro atoms. The number of rotatable bonds is 5. The van der Waals surface area contributed by atoms with Crippen molar-refractivity contribution in [3.05, 3.63) is 75.8 Å². The maximum atomic E-state index is 12.3. The van der Waals surface area contributed by atoms with Gasteiger partial charge in [-0.2, -0.15) is 0 Å². The maximum Gasteiger partial charge on any atom is 0.258 e. The molecule has 0 fully saturated rings. The predicted octanol–water partition coefficient (Wildman–Crippen LogP) is 3.05. The minimum absolute atomic E-state index is 0.0508. The minimum atomic E-state index is -0.127. The lowest BCUT2D eigenvalue weighted by Gasteiger charge is -2.14. The molecule has 0 radical (unpaired) electrons. The summed E-state index contributed by atoms with van der Waals surface area (Å²) in [6, 6.07) is 15.7. The molecule has 5 heteroatoms. The van der Waals surface area contributed by atoms with E-state index in [4.69, 9.17) is 0 Å². The van der Waals surface area contributed by atoms with Crippen molar-refractivity contribution >= 4 is 16.8 Å². The molecular weight excluding hydrogens is 326 g/mol. The molecular formula is C21H21N3O2. The zero-order chi connectivity index (χ0) is 17.9. The Balaban J connectivity index is 1.34. The molecule has 4 rings (SSSR count). The van der Waals surface area contributed by atoms with Crippen LogP contribution in [0.4, 0.5) is 0 Å². The summed E-state index contributed by atoms with van der Waals surface area (Å²) < 4.78 is 0. The second-order valence-electron chi connectivity index (χ2n) is 6.74. The standard InChI is InChI=1S/C21H21N3O2/c25-20(23-18-13-12-14-6-1-2-7-15(14)18)11-5-10-19-22-17-9-4-3-8-16(17)21(26)24-19/h1-4,6-9,18H,5,10-13H2,(H,23,25)(H,22,24,26)/t18-/m1/s1. The number of amides is 1. The highest BCUT2D eigenvalue weighted by Gasteiger charge is 2.23. The van der Waals surface area contributed by atoms with Crippen molar-refractivity contribution in [2.24, 2.45) is 0 Å². The number of nitrogens with one attached hydrogen (secondary N) is 2. The van der Waals surface area contributed by atoms with Gasteiger partial charge >= 0.3 is 0 Å². The first kappa shape index (κ1) is 16.5. The Bertz CT molecular complexity index is 1010. The van der Waals surface area contributed by atoms with E-state index in [1.54, 1.807) is 6.07 Å². The molecule has 0 unspecified atom stereocenters. The van der Waals surface area contributed by atoms with Crippen LogP contribution in [0.15, 0.2) is 53.3 Å². The van der Waals surface area contributed by atoms with Gasteiger partial charge in [0.15, 0.2) is 0 Å². The molecule has 0 saturated heterocycles. The molecule has 0 bridgehead atoms. The van der Waals surface area contributed by atoms with Crippen LogP contribution in [-0.2, 0) is 17.6 Å². The highest BCUT2D eigenvalue weighted by Crippen LogP contribution is 2.30. The molecule has 1 aromatic heterocycles. The first-order chi connectivity index (χ1) is 12.7. The van der Waals surface area contributed by atoms with Crippen molar-refractivity contribution in [2.45, 2.75) is 38.1 Å². The Morgan fingerprint density at radius 1 is 1.15 bits per heavy atom. The van der Waals surface area contributed by atoms with Crippen molar-refractivity contribution in [3.63, 3.8) is 0 Å². The fourth-order valence-electron chi connectivity index (χ4n) is 3.64. The summed E-state index contributed by atoms with van der Waals surface area (Å²) in [4.78, 5) is 31.6. The number of aryl methyl sites for hydroxylation is 2. The second-order valence-corrected chi connectivity index (χ2v) is 6.74. The molecule has 2 aromatic carbocycles. The number of benzene rings is 2. The SMILES string of the molecule is O=C(CCCc1nc2ccccc2c(=O)[nH]1)N[C@@H]1CCc2ccccc21. The Labute approximate surface area is 151 Å². The van der Waals surface area contributed by atoms with Gasteiger partial charge in [-0.15, -0.1) is 0 Å². The zero-order valence-corrected chi connectivity index (χ0v) is 14.5. The summed E-state index contributed by atoms with van der Waals surface area (Å²) in [7, 11) is 0. The number of H-pyrrole nitrogens is 1. The smallest absolute Gasteiger partial charge is 0.258 e. The summed E-state index contributed by atoms with van der Waals surface area (Å²) >= 11 is 0. The van der Waals surface area contributed by atoms with E-state index < -0.39 is 0 Å². The molecule has 1 atom stereocenters. The lowest BCUT2D eigenvalue weighted by Crippen LogP contribution is -2.27. The summed E-state index contributed by atoms with van der Waals surface area (Å²) in [5.41, 5.74) is 3.13. The summed E-state index contributed by atoms with van der Waals surface area (Å²) in [5, 5.41) is 3.72. The first-order valence-corrected chi connectivity index (χ1v) is 9.06. The van der Waals surface area contributed by atoms with Crippen molar-refractivity contribution in [1.82, 2.24) is 15.3 Å². The van der Waals surface area contributed by atoms with Crippen LogP contribution in [0.1, 0.15) is 42.3 Å². The van der Waals surface area contributed by atoms with Crippen molar-refractivity contribution in [3.8, 4) is 0 Å². The molecule has 132 valence electrons. The third-order valence-electron chi connectivity index (χ3n) is 4.95. The Hall–Kier alpha value is -2.95. The van der Waals surface area contributed by atoms with Gasteiger partial charge in [0.25, 0.3) is 5.56 Å². The molecule has 26 heavy (non-hydrogen) atoms. The van der Waals surface area contributed by atoms with E-state index in [9.17, 15) is 9.59 Å². The van der Waals surface area contributed by atoms with Crippen LogP contribution in [-0.4, -0.2) is 15.9 Å². The normalized spacial score (nSPS) is 15.8. The predicted molar refractivity (Wildman–Crippen MR) is 101 cm³/mol. The summed E-state index contributed by atoms with van der Waals surface area (Å²) in [5.74, 6) is 0.683. The van der Waals surface area contributed by atoms with Gasteiger partial charge < -0.3 is 10.3 Å². The average molecular weight is 347 g/mol. The second kappa shape index (κ2) is 7.12. The summed E-state index contributed by atoms with van der Waals surface area (Å²) in [6.45, 7) is 0. The Kier molecular flexibility index (Phi) is 4.52. The lowest BCUT2D eigenvalue weighted by atomic mass is 10.1. The number of hydrogen-bond acceptors (Lipinski definition) is 3. The van der Waals surface area contributed by atoms with Crippen molar-refractivity contribution < 1.29 is 4.79 Å². The number of carbonyl (C=O) groups is 1. The van der Waals surface area contributed by atoms with Crippen LogP contribution >= 0.6 is 0 Å². The minimum Gasteiger partial charge on any atom is -0.349 e. The highest BCUT2D eigenvalue weighted by molar-refractivity contribution is 5.77. The summed E-state index contributed by atoms with van der Waals surface area (Å²) in [6.07, 6.45) is 3.64. The van der Waals surface area contributed by atoms with Crippen LogP contribution in [0.5, 0.6) is 0 Å². The fraction of sp³-hybridized carbons (Fsp3) is 0.286. The number of hydrogen-bond donors (Lipinski definition) is 2. The number of aromatic nitrogens is 2. The molecule has 0 saturated carbocycles. The third kappa shape index (κ3) is 3.38. The van der Waals surface area contributed by atoms with E-state index in [-0.39, 0.29) is 17.5 Å². The molecule has 1 heterocycles. The number of para-hydroxylation sites is 1. The van der Waals surface area contributed by atoms with Gasteiger partial charge in [0.1, 0.15) is 5.82 Å². The topological polar surface area (TPSA) is 74.8 Å². The fourth-order valence-corrected chi connectivity index (χ4v) is 3.64. The Morgan fingerprint density at radius 2 is 1.96 bits per heavy atom. The number of aromatic amines is 1. The van der Waals surface area contributed by atoms with Crippen molar-refractivity contribution in [1.29, 1.82) is 0 Å². The largest absolute Gasteiger partial charge is 0.349 e. The molecule has 2 N–H and O–H groups in total. The molecule has 1 aliphatic rings. The number of carbonyl (C=O) groups excluding carboxylic acids is 1. The number of nitrogens with zero attached hydrogens (tertiary/aromatic N) is 1. The molecule has 0 aliphatic heterocycles. The van der Waals surface area contributed by atoms with Gasteiger partial charge in [-0.1, -0.05) is 36.4 Å². The van der Waals surface area contributed by atoms with E-state index >= 15 is 0 Å². The van der Waals surface area contributed by atoms with Crippen LogP contribution in [0.3, 0.4) is 0 Å². The van der Waals surface area contributed by atoms with Crippen LogP contribution < -0.4 is 10.9 Å². The van der Waals surface area contributed by atoms with Gasteiger partial charge in [-0.25, -0.2) is 4.98 Å². The quantitative estimate of drug-likeness (QED) is 0.745. The molecule has 1 amide bonds. The van der Waals surface area contributed by atoms with Crippen LogP contribution in [0.2, 0.25) is 0 Å². The van der Waals surface area contributed by atoms with E-state index in [0.29, 0.717) is 36.0 Å². The maximum absolute atomic E-state index is 12.3. The van der Waals surface area contributed by atoms with Gasteiger partial charge in [-0.05, 0) is 42.5 Å². The molecule has 5 nitrogen and oxygen atoms in total. The van der Waals surface area contributed by atoms with Crippen LogP contribution in [0.25, 0.3) is 10.9 Å². The monoisotopic (exact) mass is 347 g/mol. The van der Waals surface area contributed by atoms with Gasteiger partial charge in [0.2, 0.25) is 5.91 Å². The average Bonchev–Trinajstić information content (AvgIpc) is 3.05. The van der Waals surface area contributed by atoms with Gasteiger partial charge in [0, 0.05) is 12.8 Å². The van der Waals surface area contributed by atoms with E-state index in [1.165, 1.54) is 11.1 Å². The zero-order valence-electron chi connectivity index (χ0n) is 14.5. The lowest BCUT2D eigenvalue weighted by molar-refractivity contribution is -0.121. The van der Waals surface area contributed by atoms with E-state index in [0.717, 1.165) is 12.8 Å². The van der Waals surface area contributed by atoms with Crippen molar-refractivity contribution in [2.75, 3.05) is 0 Å². The first-order valence-electron chi connectivity index (χ1n) is 9.06. The highest BCUT2D eigenvalue weighted by atomic mass is 16.1. The number of fused-ring (bicyclic) bond motifs is 2. The molecule has 1 aliphatic carbocycles. The Morgan fingerprint density at radius 3 is 2.88 bits per heavy atom. The third-order valence-corrected chi connectivity index (χ3v) is 4.95. The van der Waals surface area contributed by atoms with Gasteiger partial charge in [-0.3, -0.25) is 9.59 Å².